The van der Waals surface area contributed by atoms with Crippen LogP contribution >= 0.6 is 0 Å². The molecule has 11 nitrogen and oxygen atoms in total. The first-order valence-electron chi connectivity index (χ1n) is 13.2. The second-order valence-corrected chi connectivity index (χ2v) is 10.1. The number of halogens is 2. The third kappa shape index (κ3) is 6.10. The molecule has 1 aromatic heterocycles. The van der Waals surface area contributed by atoms with Crippen molar-refractivity contribution in [2.75, 3.05) is 13.6 Å². The van der Waals surface area contributed by atoms with Gasteiger partial charge in [0.25, 0.3) is 5.88 Å². The normalized spacial score (nSPS) is 20.3. The van der Waals surface area contributed by atoms with Gasteiger partial charge in [-0.3, -0.25) is 20.1 Å². The number of hydrogen-bond acceptors (Lipinski definition) is 9. The molecule has 1 atom stereocenters. The molecule has 0 radical (unpaired) electrons. The molecule has 220 valence electrons. The van der Waals surface area contributed by atoms with E-state index in [1.54, 1.807) is 18.3 Å². The van der Waals surface area contributed by atoms with Crippen LogP contribution < -0.4 is 19.9 Å². The first-order valence-corrected chi connectivity index (χ1v) is 13.2. The van der Waals surface area contributed by atoms with Crippen molar-refractivity contribution in [3.8, 4) is 34.6 Å². The molecule has 42 heavy (non-hydrogen) atoms. The van der Waals surface area contributed by atoms with Gasteiger partial charge in [-0.05, 0) is 69.1 Å². The molecule has 13 heteroatoms. The van der Waals surface area contributed by atoms with E-state index in [1.165, 1.54) is 24.3 Å². The van der Waals surface area contributed by atoms with Crippen LogP contribution in [0.4, 0.5) is 8.78 Å². The molecule has 3 aromatic rings. The van der Waals surface area contributed by atoms with Crippen LogP contribution in [0.2, 0.25) is 0 Å². The summed E-state index contributed by atoms with van der Waals surface area (Å²) in [6, 6.07) is 8.66. The molecule has 1 unspecified atom stereocenters. The van der Waals surface area contributed by atoms with E-state index in [4.69, 9.17) is 25.4 Å². The second kappa shape index (κ2) is 12.0. The highest BCUT2D eigenvalue weighted by Crippen LogP contribution is 2.41. The van der Waals surface area contributed by atoms with Gasteiger partial charge in [0.05, 0.1) is 18.2 Å². The summed E-state index contributed by atoms with van der Waals surface area (Å²) >= 11 is 0. The molecule has 0 spiro atoms. The van der Waals surface area contributed by atoms with Gasteiger partial charge in [0, 0.05) is 23.9 Å². The van der Waals surface area contributed by atoms with E-state index >= 15 is 4.39 Å². The number of aliphatic carboxylic acids is 1. The van der Waals surface area contributed by atoms with Crippen LogP contribution in [0.1, 0.15) is 43.0 Å². The number of aromatic hydroxyl groups is 1. The number of benzene rings is 2. The predicted molar refractivity (Wildman–Crippen MR) is 148 cm³/mol. The number of nitrogens with one attached hydrogen (secondary N) is 1. The van der Waals surface area contributed by atoms with E-state index in [2.05, 4.69) is 9.98 Å². The lowest BCUT2D eigenvalue weighted by molar-refractivity contribution is -0.143. The van der Waals surface area contributed by atoms with Crippen LogP contribution in [0, 0.1) is 23.0 Å². The lowest BCUT2D eigenvalue weighted by Crippen LogP contribution is -2.28. The molecule has 0 amide bonds. The molecule has 2 heterocycles. The summed E-state index contributed by atoms with van der Waals surface area (Å²) in [5.41, 5.74) is 6.19. The highest BCUT2D eigenvalue weighted by molar-refractivity contribution is 5.95. The Kier molecular flexibility index (Phi) is 8.20. The predicted octanol–water partition coefficient (Wildman–Crippen LogP) is 4.97. The summed E-state index contributed by atoms with van der Waals surface area (Å²) in [4.78, 5) is 21.3. The summed E-state index contributed by atoms with van der Waals surface area (Å²) in [6.07, 6.45) is 3.98. The van der Waals surface area contributed by atoms with Crippen LogP contribution in [0.25, 0.3) is 0 Å². The summed E-state index contributed by atoms with van der Waals surface area (Å²) in [7, 11) is 1.84. The van der Waals surface area contributed by atoms with Gasteiger partial charge in [0.1, 0.15) is 23.5 Å². The number of carbonyl (C=O) groups is 1. The van der Waals surface area contributed by atoms with Crippen molar-refractivity contribution in [3.05, 3.63) is 65.4 Å². The molecule has 5 rings (SSSR count). The van der Waals surface area contributed by atoms with Crippen molar-refractivity contribution in [1.29, 1.82) is 5.41 Å². The number of carboxylic acids is 1. The SMILES string of the molecule is CN1CC=NC1c1cc(OC2CCC(C(=O)O)CC2)ccc1Oc1c(F)cnc(Oc2cc(C(=N)N)ccc2O)c1F. The number of ether oxygens (including phenoxy) is 3. The fourth-order valence-corrected chi connectivity index (χ4v) is 4.90. The average Bonchev–Trinajstić information content (AvgIpc) is 3.39. The highest BCUT2D eigenvalue weighted by Gasteiger charge is 2.29. The lowest BCUT2D eigenvalue weighted by atomic mass is 9.87. The topological polar surface area (TPSA) is 164 Å². The number of nitrogen functional groups attached to an aromatic ring is 1. The third-order valence-corrected chi connectivity index (χ3v) is 7.21. The highest BCUT2D eigenvalue weighted by atomic mass is 19.1. The Bertz CT molecular complexity index is 1540. The van der Waals surface area contributed by atoms with Crippen molar-refractivity contribution in [1.82, 2.24) is 9.88 Å². The van der Waals surface area contributed by atoms with E-state index in [-0.39, 0.29) is 40.7 Å². The molecule has 5 N–H and O–H groups in total. The first-order chi connectivity index (χ1) is 20.1. The summed E-state index contributed by atoms with van der Waals surface area (Å²) < 4.78 is 47.8. The van der Waals surface area contributed by atoms with E-state index in [0.29, 0.717) is 43.5 Å². The number of phenols is 1. The van der Waals surface area contributed by atoms with Crippen LogP contribution in [0.15, 0.2) is 47.6 Å². The molecular weight excluding hydrogens is 552 g/mol. The van der Waals surface area contributed by atoms with Crippen molar-refractivity contribution < 1.29 is 38.0 Å². The number of amidine groups is 1. The Balaban J connectivity index is 1.43. The summed E-state index contributed by atoms with van der Waals surface area (Å²) in [6.45, 7) is 0.549. The largest absolute Gasteiger partial charge is 0.504 e. The number of carboxylic acid groups (broad SMARTS) is 1. The minimum atomic E-state index is -1.26. The zero-order valence-electron chi connectivity index (χ0n) is 22.6. The molecule has 1 fully saturated rings. The van der Waals surface area contributed by atoms with E-state index in [0.717, 1.165) is 6.20 Å². The fraction of sp³-hybridized carbons (Fsp3) is 0.310. The molecule has 1 aliphatic heterocycles. The van der Waals surface area contributed by atoms with Crippen molar-refractivity contribution >= 4 is 18.0 Å². The van der Waals surface area contributed by atoms with Crippen molar-refractivity contribution in [2.45, 2.75) is 38.0 Å². The number of rotatable bonds is 9. The van der Waals surface area contributed by atoms with Gasteiger partial charge in [-0.1, -0.05) is 0 Å². The quantitative estimate of drug-likeness (QED) is 0.202. The Hall–Kier alpha value is -4.78. The number of nitrogens with two attached hydrogens (primary N) is 1. The number of aliphatic imine (C=N–C) groups is 1. The maximum absolute atomic E-state index is 15.6. The molecule has 1 saturated carbocycles. The zero-order chi connectivity index (χ0) is 30.0. The van der Waals surface area contributed by atoms with Crippen LogP contribution in [0.3, 0.4) is 0 Å². The van der Waals surface area contributed by atoms with Gasteiger partial charge in [0.15, 0.2) is 17.3 Å². The molecule has 2 aliphatic rings. The maximum atomic E-state index is 15.6. The molecule has 0 bridgehead atoms. The molecular formula is C29H29F2N5O6. The van der Waals surface area contributed by atoms with Gasteiger partial charge in [-0.25, -0.2) is 9.37 Å². The van der Waals surface area contributed by atoms with Crippen LogP contribution in [-0.2, 0) is 4.79 Å². The van der Waals surface area contributed by atoms with Crippen molar-refractivity contribution in [3.63, 3.8) is 0 Å². The van der Waals surface area contributed by atoms with Gasteiger partial charge >= 0.3 is 5.97 Å². The van der Waals surface area contributed by atoms with Gasteiger partial charge in [0.2, 0.25) is 11.6 Å². The Morgan fingerprint density at radius 3 is 2.52 bits per heavy atom. The first kappa shape index (κ1) is 28.7. The number of pyridine rings is 1. The third-order valence-electron chi connectivity index (χ3n) is 7.21. The number of aromatic nitrogens is 1. The Labute approximate surface area is 239 Å². The zero-order valence-corrected chi connectivity index (χ0v) is 22.6. The van der Waals surface area contributed by atoms with E-state index in [9.17, 15) is 19.4 Å². The van der Waals surface area contributed by atoms with Crippen LogP contribution in [-0.4, -0.2) is 57.8 Å². The Morgan fingerprint density at radius 1 is 1.10 bits per heavy atom. The number of phenolic OH excluding ortho intramolecular Hbond substituents is 1. The second-order valence-electron chi connectivity index (χ2n) is 10.1. The summed E-state index contributed by atoms with van der Waals surface area (Å²) in [5, 5.41) is 27.0. The standard InChI is InChI=1S/C29H29F2N5O6/c1-36-11-10-34-27(36)19-13-18(40-17-5-2-15(3-6-17)29(38)39)7-9-22(19)41-25-20(30)14-35-28(24(25)31)42-23-12-16(26(32)33)4-8-21(23)37/h4,7-10,12-15,17,27,37H,2-3,5-6,11H2,1H3,(H3,32,33)(H,38,39). The lowest BCUT2D eigenvalue weighted by Gasteiger charge is -2.27. The van der Waals surface area contributed by atoms with E-state index < -0.39 is 35.4 Å². The van der Waals surface area contributed by atoms with Crippen molar-refractivity contribution in [2.24, 2.45) is 16.6 Å². The minimum absolute atomic E-state index is 0.115. The molecule has 2 aromatic carbocycles. The summed E-state index contributed by atoms with van der Waals surface area (Å²) in [5.74, 6) is -5.29. The van der Waals surface area contributed by atoms with Gasteiger partial charge in [-0.2, -0.15) is 4.39 Å². The smallest absolute Gasteiger partial charge is 0.306 e. The number of nitrogens with zero attached hydrogens (tertiary/aromatic N) is 3. The number of hydrogen-bond donors (Lipinski definition) is 4. The molecule has 0 saturated heterocycles. The minimum Gasteiger partial charge on any atom is -0.504 e. The maximum Gasteiger partial charge on any atom is 0.306 e. The van der Waals surface area contributed by atoms with Crippen LogP contribution in [0.5, 0.6) is 34.6 Å². The monoisotopic (exact) mass is 581 g/mol. The Morgan fingerprint density at radius 2 is 1.86 bits per heavy atom. The fourth-order valence-electron chi connectivity index (χ4n) is 4.90. The average molecular weight is 582 g/mol. The molecule has 1 aliphatic carbocycles. The van der Waals surface area contributed by atoms with Gasteiger partial charge < -0.3 is 30.2 Å². The van der Waals surface area contributed by atoms with Gasteiger partial charge in [-0.15, -0.1) is 0 Å². The van der Waals surface area contributed by atoms with E-state index in [1.807, 2.05) is 11.9 Å².